The van der Waals surface area contributed by atoms with E-state index in [1.807, 2.05) is 19.1 Å². The third-order valence-electron chi connectivity index (χ3n) is 3.17. The van der Waals surface area contributed by atoms with Crippen LogP contribution in [0.5, 0.6) is 0 Å². The molecule has 2 heterocycles. The molecule has 1 aromatic heterocycles. The fourth-order valence-corrected chi connectivity index (χ4v) is 2.11. The lowest BCUT2D eigenvalue weighted by atomic mass is 10.0. The molecule has 2 N–H and O–H groups in total. The molecule has 1 aromatic rings. The first-order valence-corrected chi connectivity index (χ1v) is 6.21. The van der Waals surface area contributed by atoms with Gasteiger partial charge < -0.3 is 10.6 Å². The van der Waals surface area contributed by atoms with Gasteiger partial charge in [0.25, 0.3) is 0 Å². The molecule has 0 radical (unpaired) electrons. The Labute approximate surface area is 126 Å². The van der Waals surface area contributed by atoms with Gasteiger partial charge in [-0.05, 0) is 37.9 Å². The minimum absolute atomic E-state index is 0. The smallest absolute Gasteiger partial charge is 0.237 e. The molecule has 1 fully saturated rings. The van der Waals surface area contributed by atoms with E-state index in [9.17, 15) is 4.79 Å². The molecule has 2 rings (SSSR count). The van der Waals surface area contributed by atoms with Crippen molar-refractivity contribution in [2.75, 3.05) is 6.54 Å². The summed E-state index contributed by atoms with van der Waals surface area (Å²) in [6.45, 7) is 2.93. The highest BCUT2D eigenvalue weighted by Crippen LogP contribution is 2.12. The van der Waals surface area contributed by atoms with E-state index in [1.165, 1.54) is 6.42 Å². The van der Waals surface area contributed by atoms with Crippen molar-refractivity contribution < 1.29 is 4.79 Å². The zero-order valence-corrected chi connectivity index (χ0v) is 12.6. The molecule has 0 unspecified atom stereocenters. The number of hydrogen-bond acceptors (Lipinski definition) is 3. The van der Waals surface area contributed by atoms with Crippen LogP contribution in [0.25, 0.3) is 0 Å². The molecule has 2 atom stereocenters. The summed E-state index contributed by atoms with van der Waals surface area (Å²) in [6.07, 6.45) is 6.76. The Hall–Kier alpha value is -0.840. The van der Waals surface area contributed by atoms with E-state index in [4.69, 9.17) is 0 Å². The van der Waals surface area contributed by atoms with Gasteiger partial charge in [0.05, 0.1) is 12.1 Å². The predicted octanol–water partition coefficient (Wildman–Crippen LogP) is 2.24. The molecule has 6 heteroatoms. The first-order valence-electron chi connectivity index (χ1n) is 6.21. The van der Waals surface area contributed by atoms with Gasteiger partial charge in [0.15, 0.2) is 0 Å². The number of aromatic nitrogens is 1. The minimum Gasteiger partial charge on any atom is -0.348 e. The maximum Gasteiger partial charge on any atom is 0.237 e. The summed E-state index contributed by atoms with van der Waals surface area (Å²) in [5, 5.41) is 6.27. The maximum atomic E-state index is 12.0. The fourth-order valence-electron chi connectivity index (χ4n) is 2.11. The number of halogens is 2. The summed E-state index contributed by atoms with van der Waals surface area (Å²) in [5.41, 5.74) is 1.04. The van der Waals surface area contributed by atoms with E-state index in [0.29, 0.717) is 0 Å². The van der Waals surface area contributed by atoms with Crippen LogP contribution < -0.4 is 10.6 Å². The van der Waals surface area contributed by atoms with Crippen LogP contribution in [0.2, 0.25) is 0 Å². The average Bonchev–Trinajstić information content (AvgIpc) is 2.40. The van der Waals surface area contributed by atoms with Crippen LogP contribution in [0.15, 0.2) is 24.5 Å². The molecule has 4 nitrogen and oxygen atoms in total. The maximum absolute atomic E-state index is 12.0. The van der Waals surface area contributed by atoms with E-state index in [0.717, 1.165) is 24.9 Å². The Morgan fingerprint density at radius 2 is 2.26 bits per heavy atom. The number of nitrogens with one attached hydrogen (secondary N) is 2. The molecule has 0 saturated carbocycles. The summed E-state index contributed by atoms with van der Waals surface area (Å²) in [6, 6.07) is 3.85. The molecule has 0 aromatic carbocycles. The highest BCUT2D eigenvalue weighted by Gasteiger charge is 2.21. The Morgan fingerprint density at radius 3 is 2.84 bits per heavy atom. The zero-order chi connectivity index (χ0) is 12.1. The van der Waals surface area contributed by atoms with Crippen molar-refractivity contribution in [3.05, 3.63) is 30.1 Å². The third-order valence-corrected chi connectivity index (χ3v) is 3.17. The van der Waals surface area contributed by atoms with Gasteiger partial charge in [0.2, 0.25) is 5.91 Å². The molecule has 1 amide bonds. The van der Waals surface area contributed by atoms with E-state index in [-0.39, 0.29) is 42.8 Å². The molecule has 0 spiro atoms. The Morgan fingerprint density at radius 1 is 1.47 bits per heavy atom. The van der Waals surface area contributed by atoms with Gasteiger partial charge in [-0.25, -0.2) is 0 Å². The lowest BCUT2D eigenvalue weighted by Crippen LogP contribution is -2.47. The van der Waals surface area contributed by atoms with Gasteiger partial charge in [0, 0.05) is 12.4 Å². The number of carbonyl (C=O) groups is 1. The molecular formula is C13H21Cl2N3O. The van der Waals surface area contributed by atoms with E-state index in [2.05, 4.69) is 15.6 Å². The van der Waals surface area contributed by atoms with Crippen LogP contribution in [0, 0.1) is 0 Å². The monoisotopic (exact) mass is 305 g/mol. The minimum atomic E-state index is -0.0251. The van der Waals surface area contributed by atoms with Gasteiger partial charge in [-0.2, -0.15) is 0 Å². The van der Waals surface area contributed by atoms with Gasteiger partial charge in [-0.3, -0.25) is 9.78 Å². The SMILES string of the molecule is C[C@H](NC(=O)[C@H]1CCCCN1)c1cccnc1.Cl.Cl. The van der Waals surface area contributed by atoms with Gasteiger partial charge in [-0.15, -0.1) is 24.8 Å². The highest BCUT2D eigenvalue weighted by molar-refractivity contribution is 5.85. The zero-order valence-electron chi connectivity index (χ0n) is 11.0. The number of amides is 1. The Bertz CT molecular complexity index is 369. The van der Waals surface area contributed by atoms with Gasteiger partial charge >= 0.3 is 0 Å². The fraction of sp³-hybridized carbons (Fsp3) is 0.538. The molecule has 19 heavy (non-hydrogen) atoms. The number of carbonyl (C=O) groups excluding carboxylic acids is 1. The van der Waals surface area contributed by atoms with E-state index in [1.54, 1.807) is 12.4 Å². The number of piperidine rings is 1. The van der Waals surface area contributed by atoms with E-state index >= 15 is 0 Å². The Balaban J connectivity index is 0.00000162. The van der Waals surface area contributed by atoms with Crippen molar-refractivity contribution in [3.63, 3.8) is 0 Å². The molecular weight excluding hydrogens is 285 g/mol. The Kier molecular flexibility index (Phi) is 8.72. The second-order valence-corrected chi connectivity index (χ2v) is 4.52. The van der Waals surface area contributed by atoms with Crippen molar-refractivity contribution in [1.29, 1.82) is 0 Å². The number of pyridine rings is 1. The second-order valence-electron chi connectivity index (χ2n) is 4.52. The highest BCUT2D eigenvalue weighted by atomic mass is 35.5. The standard InChI is InChI=1S/C13H19N3O.2ClH/c1-10(11-5-4-7-14-9-11)16-13(17)12-6-2-3-8-15-12;;/h4-5,7,9-10,12,15H,2-3,6,8H2,1H3,(H,16,17);2*1H/t10-,12+;;/m0../s1. The van der Waals surface area contributed by atoms with Crippen molar-refractivity contribution >= 4 is 30.7 Å². The van der Waals surface area contributed by atoms with Crippen LogP contribution in [-0.4, -0.2) is 23.5 Å². The molecule has 0 aliphatic carbocycles. The van der Waals surface area contributed by atoms with Crippen LogP contribution >= 0.6 is 24.8 Å². The van der Waals surface area contributed by atoms with Crippen LogP contribution in [-0.2, 0) is 4.79 Å². The first kappa shape index (κ1) is 18.2. The lowest BCUT2D eigenvalue weighted by Gasteiger charge is -2.24. The number of rotatable bonds is 3. The molecule has 1 saturated heterocycles. The second kappa shape index (κ2) is 9.13. The van der Waals surface area contributed by atoms with Crippen molar-refractivity contribution in [2.45, 2.75) is 38.3 Å². The summed E-state index contributed by atoms with van der Waals surface area (Å²) >= 11 is 0. The van der Waals surface area contributed by atoms with Gasteiger partial charge in [-0.1, -0.05) is 12.5 Å². The van der Waals surface area contributed by atoms with Crippen LogP contribution in [0.1, 0.15) is 37.8 Å². The third kappa shape index (κ3) is 5.35. The summed E-state index contributed by atoms with van der Waals surface area (Å²) in [7, 11) is 0. The van der Waals surface area contributed by atoms with E-state index < -0.39 is 0 Å². The molecule has 1 aliphatic heterocycles. The molecule has 1 aliphatic rings. The quantitative estimate of drug-likeness (QED) is 0.900. The molecule has 108 valence electrons. The predicted molar refractivity (Wildman–Crippen MR) is 80.9 cm³/mol. The van der Waals surface area contributed by atoms with Crippen molar-refractivity contribution in [3.8, 4) is 0 Å². The summed E-state index contributed by atoms with van der Waals surface area (Å²) in [5.74, 6) is 0.0982. The van der Waals surface area contributed by atoms with Gasteiger partial charge in [0.1, 0.15) is 0 Å². The van der Waals surface area contributed by atoms with Crippen LogP contribution in [0.3, 0.4) is 0 Å². The summed E-state index contributed by atoms with van der Waals surface area (Å²) in [4.78, 5) is 16.0. The largest absolute Gasteiger partial charge is 0.348 e. The number of nitrogens with zero attached hydrogens (tertiary/aromatic N) is 1. The molecule has 0 bridgehead atoms. The summed E-state index contributed by atoms with van der Waals surface area (Å²) < 4.78 is 0. The lowest BCUT2D eigenvalue weighted by molar-refractivity contribution is -0.124. The first-order chi connectivity index (χ1) is 8.27. The number of hydrogen-bond donors (Lipinski definition) is 2. The van der Waals surface area contributed by atoms with Crippen LogP contribution in [0.4, 0.5) is 0 Å². The topological polar surface area (TPSA) is 54.0 Å². The van der Waals surface area contributed by atoms with Crippen molar-refractivity contribution in [2.24, 2.45) is 0 Å². The normalized spacial score (nSPS) is 19.5. The average molecular weight is 306 g/mol. The van der Waals surface area contributed by atoms with Crippen molar-refractivity contribution in [1.82, 2.24) is 15.6 Å².